The molecule has 0 atom stereocenters. The lowest BCUT2D eigenvalue weighted by atomic mass is 10.1. The lowest BCUT2D eigenvalue weighted by Gasteiger charge is -2.18. The summed E-state index contributed by atoms with van der Waals surface area (Å²) < 4.78 is 4.97. The van der Waals surface area contributed by atoms with Crippen molar-refractivity contribution in [1.82, 2.24) is 4.90 Å². The van der Waals surface area contributed by atoms with E-state index in [2.05, 4.69) is 5.32 Å². The van der Waals surface area contributed by atoms with Crippen molar-refractivity contribution in [1.29, 1.82) is 0 Å². The smallest absolute Gasteiger partial charge is 0.338 e. The van der Waals surface area contributed by atoms with E-state index in [9.17, 15) is 14.4 Å². The average molecular weight is 375 g/mol. The minimum absolute atomic E-state index is 0.168. The van der Waals surface area contributed by atoms with Crippen molar-refractivity contribution in [2.24, 2.45) is 0 Å². The van der Waals surface area contributed by atoms with Crippen LogP contribution in [0, 0.1) is 0 Å². The molecular weight excluding hydrogens is 356 g/mol. The molecule has 0 fully saturated rings. The van der Waals surface area contributed by atoms with Gasteiger partial charge in [0.15, 0.2) is 0 Å². The van der Waals surface area contributed by atoms with Crippen LogP contribution in [0.25, 0.3) is 0 Å². The highest BCUT2D eigenvalue weighted by Gasteiger charge is 2.21. The number of hydrogen-bond donors (Lipinski definition) is 1. The zero-order valence-electron chi connectivity index (χ0n) is 14.5. The number of rotatable bonds is 6. The van der Waals surface area contributed by atoms with Crippen molar-refractivity contribution in [3.8, 4) is 0 Å². The number of nitrogens with zero attached hydrogens (tertiary/aromatic N) is 1. The third kappa shape index (κ3) is 5.07. The highest BCUT2D eigenvalue weighted by molar-refractivity contribution is 6.30. The molecule has 0 saturated carbocycles. The van der Waals surface area contributed by atoms with Gasteiger partial charge in [0, 0.05) is 17.8 Å². The molecule has 0 heterocycles. The van der Waals surface area contributed by atoms with Crippen molar-refractivity contribution in [3.63, 3.8) is 0 Å². The molecule has 0 aliphatic rings. The van der Waals surface area contributed by atoms with Crippen LogP contribution in [-0.2, 0) is 9.53 Å². The Labute approximate surface area is 156 Å². The van der Waals surface area contributed by atoms with E-state index in [-0.39, 0.29) is 30.2 Å². The van der Waals surface area contributed by atoms with Crippen molar-refractivity contribution >= 4 is 35.1 Å². The largest absolute Gasteiger partial charge is 0.462 e. The van der Waals surface area contributed by atoms with Crippen LogP contribution in [0.4, 0.5) is 5.69 Å². The Morgan fingerprint density at radius 1 is 1.04 bits per heavy atom. The number of ether oxygens (including phenoxy) is 1. The first kappa shape index (κ1) is 19.5. The Morgan fingerprint density at radius 3 is 2.27 bits per heavy atom. The van der Waals surface area contributed by atoms with Gasteiger partial charge in [-0.1, -0.05) is 23.7 Å². The van der Waals surface area contributed by atoms with E-state index in [0.29, 0.717) is 10.7 Å². The summed E-state index contributed by atoms with van der Waals surface area (Å²) in [4.78, 5) is 38.0. The van der Waals surface area contributed by atoms with E-state index in [1.807, 2.05) is 0 Å². The van der Waals surface area contributed by atoms with Gasteiger partial charge in [0.05, 0.1) is 24.3 Å². The molecule has 1 N–H and O–H groups in total. The monoisotopic (exact) mass is 374 g/mol. The van der Waals surface area contributed by atoms with Gasteiger partial charge in [-0.15, -0.1) is 0 Å². The van der Waals surface area contributed by atoms with Gasteiger partial charge in [0.2, 0.25) is 5.91 Å². The van der Waals surface area contributed by atoms with Crippen LogP contribution in [0.3, 0.4) is 0 Å². The maximum absolute atomic E-state index is 12.6. The Balaban J connectivity index is 2.06. The van der Waals surface area contributed by atoms with Crippen LogP contribution in [0.1, 0.15) is 27.6 Å². The predicted octanol–water partition coefficient (Wildman–Crippen LogP) is 3.23. The second kappa shape index (κ2) is 9.01. The number of carbonyl (C=O) groups excluding carboxylic acids is 3. The molecule has 0 aliphatic heterocycles. The van der Waals surface area contributed by atoms with E-state index in [1.54, 1.807) is 43.3 Å². The lowest BCUT2D eigenvalue weighted by molar-refractivity contribution is -0.116. The fourth-order valence-electron chi connectivity index (χ4n) is 2.28. The van der Waals surface area contributed by atoms with E-state index < -0.39 is 11.9 Å². The fourth-order valence-corrected chi connectivity index (χ4v) is 2.41. The summed E-state index contributed by atoms with van der Waals surface area (Å²) in [6.07, 6.45) is 0. The van der Waals surface area contributed by atoms with E-state index in [4.69, 9.17) is 16.3 Å². The summed E-state index contributed by atoms with van der Waals surface area (Å²) in [5.74, 6) is -1.38. The summed E-state index contributed by atoms with van der Waals surface area (Å²) in [7, 11) is 1.49. The number of likely N-dealkylation sites (N-methyl/N-ethyl adjacent to an activating group) is 1. The van der Waals surface area contributed by atoms with Gasteiger partial charge in [-0.3, -0.25) is 9.59 Å². The first-order valence-electron chi connectivity index (χ1n) is 7.99. The number of halogens is 1. The highest BCUT2D eigenvalue weighted by atomic mass is 35.5. The molecule has 6 nitrogen and oxygen atoms in total. The number of carbonyl (C=O) groups is 3. The molecule has 2 aromatic carbocycles. The normalized spacial score (nSPS) is 10.1. The van der Waals surface area contributed by atoms with Crippen molar-refractivity contribution in [2.45, 2.75) is 6.92 Å². The maximum Gasteiger partial charge on any atom is 0.338 e. The standard InChI is InChI=1S/C19H19ClN2O4/c1-3-26-19(25)16-7-5-4-6-15(16)18(24)22(2)12-17(23)21-14-10-8-13(20)9-11-14/h4-11H,3,12H2,1-2H3,(H,21,23). The lowest BCUT2D eigenvalue weighted by Crippen LogP contribution is -2.35. The third-order valence-electron chi connectivity index (χ3n) is 3.51. The summed E-state index contributed by atoms with van der Waals surface area (Å²) in [5.41, 5.74) is 0.934. The summed E-state index contributed by atoms with van der Waals surface area (Å²) in [6, 6.07) is 13.0. The van der Waals surface area contributed by atoms with Gasteiger partial charge >= 0.3 is 5.97 Å². The van der Waals surface area contributed by atoms with Crippen LogP contribution in [-0.4, -0.2) is 42.9 Å². The summed E-state index contributed by atoms with van der Waals surface area (Å²) in [6.45, 7) is 1.73. The summed E-state index contributed by atoms with van der Waals surface area (Å²) >= 11 is 5.80. The van der Waals surface area contributed by atoms with Crippen molar-refractivity contribution in [3.05, 3.63) is 64.7 Å². The second-order valence-corrected chi connectivity index (χ2v) is 5.92. The maximum atomic E-state index is 12.6. The molecule has 2 rings (SSSR count). The molecule has 26 heavy (non-hydrogen) atoms. The van der Waals surface area contributed by atoms with Crippen molar-refractivity contribution in [2.75, 3.05) is 25.5 Å². The zero-order valence-corrected chi connectivity index (χ0v) is 15.2. The second-order valence-electron chi connectivity index (χ2n) is 5.48. The van der Waals surface area contributed by atoms with E-state index in [1.165, 1.54) is 24.1 Å². The molecular formula is C19H19ClN2O4. The molecule has 0 saturated heterocycles. The number of esters is 1. The highest BCUT2D eigenvalue weighted by Crippen LogP contribution is 2.15. The van der Waals surface area contributed by atoms with Gasteiger partial charge in [0.25, 0.3) is 5.91 Å². The average Bonchev–Trinajstić information content (AvgIpc) is 2.63. The SMILES string of the molecule is CCOC(=O)c1ccccc1C(=O)N(C)CC(=O)Nc1ccc(Cl)cc1. The van der Waals surface area contributed by atoms with Crippen LogP contribution in [0.5, 0.6) is 0 Å². The van der Waals surface area contributed by atoms with Gasteiger partial charge in [0.1, 0.15) is 0 Å². The van der Waals surface area contributed by atoms with Gasteiger partial charge in [-0.25, -0.2) is 4.79 Å². The molecule has 0 bridgehead atoms. The molecule has 136 valence electrons. The van der Waals surface area contributed by atoms with E-state index in [0.717, 1.165) is 0 Å². The Hall–Kier alpha value is -2.86. The fraction of sp³-hybridized carbons (Fsp3) is 0.211. The third-order valence-corrected chi connectivity index (χ3v) is 3.76. The topological polar surface area (TPSA) is 75.7 Å². The van der Waals surface area contributed by atoms with E-state index >= 15 is 0 Å². The number of anilines is 1. The zero-order chi connectivity index (χ0) is 19.1. The molecule has 0 spiro atoms. The van der Waals surface area contributed by atoms with Crippen LogP contribution < -0.4 is 5.32 Å². The molecule has 2 amide bonds. The number of amides is 2. The molecule has 0 unspecified atom stereocenters. The Bertz CT molecular complexity index is 805. The van der Waals surface area contributed by atoms with Gasteiger partial charge in [-0.2, -0.15) is 0 Å². The van der Waals surface area contributed by atoms with Crippen LogP contribution >= 0.6 is 11.6 Å². The molecule has 2 aromatic rings. The first-order valence-corrected chi connectivity index (χ1v) is 8.37. The molecule has 0 aromatic heterocycles. The molecule has 0 aliphatic carbocycles. The van der Waals surface area contributed by atoms with Gasteiger partial charge < -0.3 is 15.0 Å². The first-order chi connectivity index (χ1) is 12.4. The molecule has 7 heteroatoms. The number of benzene rings is 2. The minimum atomic E-state index is -0.574. The Morgan fingerprint density at radius 2 is 1.65 bits per heavy atom. The number of nitrogens with one attached hydrogen (secondary N) is 1. The minimum Gasteiger partial charge on any atom is -0.462 e. The Kier molecular flexibility index (Phi) is 6.74. The van der Waals surface area contributed by atoms with Crippen LogP contribution in [0.15, 0.2) is 48.5 Å². The van der Waals surface area contributed by atoms with Crippen molar-refractivity contribution < 1.29 is 19.1 Å². The predicted molar refractivity (Wildman–Crippen MR) is 99.4 cm³/mol. The van der Waals surface area contributed by atoms with Crippen LogP contribution in [0.2, 0.25) is 5.02 Å². The summed E-state index contributed by atoms with van der Waals surface area (Å²) in [5, 5.41) is 3.24. The van der Waals surface area contributed by atoms with Gasteiger partial charge in [-0.05, 0) is 43.3 Å². The number of hydrogen-bond acceptors (Lipinski definition) is 4. The quantitative estimate of drug-likeness (QED) is 0.787. The molecule has 0 radical (unpaired) electrons.